The van der Waals surface area contributed by atoms with Gasteiger partial charge in [0.15, 0.2) is 10.8 Å². The summed E-state index contributed by atoms with van der Waals surface area (Å²) in [4.78, 5) is 23.9. The first-order chi connectivity index (χ1) is 9.29. The number of amides is 1. The Morgan fingerprint density at radius 2 is 2.21 bits per heavy atom. The van der Waals surface area contributed by atoms with Crippen LogP contribution >= 0.6 is 11.3 Å². The zero-order chi connectivity index (χ0) is 13.5. The SMILES string of the molecule is COCC(=O)NCCc1csc(-c2ncccn2)n1. The molecule has 0 fully saturated rings. The van der Waals surface area contributed by atoms with E-state index in [9.17, 15) is 4.79 Å². The van der Waals surface area contributed by atoms with E-state index in [1.807, 2.05) is 5.38 Å². The second-order valence-corrected chi connectivity index (χ2v) is 4.61. The summed E-state index contributed by atoms with van der Waals surface area (Å²) in [6.07, 6.45) is 4.06. The summed E-state index contributed by atoms with van der Waals surface area (Å²) >= 11 is 1.50. The van der Waals surface area contributed by atoms with Crippen molar-refractivity contribution >= 4 is 17.2 Å². The van der Waals surface area contributed by atoms with Crippen molar-refractivity contribution < 1.29 is 9.53 Å². The van der Waals surface area contributed by atoms with E-state index in [1.54, 1.807) is 18.5 Å². The number of methoxy groups -OCH3 is 1. The fourth-order valence-corrected chi connectivity index (χ4v) is 2.25. The lowest BCUT2D eigenvalue weighted by atomic mass is 10.3. The van der Waals surface area contributed by atoms with Crippen LogP contribution < -0.4 is 5.32 Å². The fourth-order valence-electron chi connectivity index (χ4n) is 1.45. The lowest BCUT2D eigenvalue weighted by Gasteiger charge is -2.02. The summed E-state index contributed by atoms with van der Waals surface area (Å²) in [5.74, 6) is 0.506. The molecule has 1 amide bonds. The molecule has 0 radical (unpaired) electrons. The summed E-state index contributed by atoms with van der Waals surface area (Å²) in [7, 11) is 1.49. The van der Waals surface area contributed by atoms with E-state index >= 15 is 0 Å². The minimum atomic E-state index is -0.121. The average molecular weight is 278 g/mol. The van der Waals surface area contributed by atoms with E-state index in [1.165, 1.54) is 18.4 Å². The van der Waals surface area contributed by atoms with Gasteiger partial charge in [0.05, 0.1) is 5.69 Å². The van der Waals surface area contributed by atoms with Gasteiger partial charge in [-0.2, -0.15) is 0 Å². The van der Waals surface area contributed by atoms with Crippen molar-refractivity contribution in [3.63, 3.8) is 0 Å². The monoisotopic (exact) mass is 278 g/mol. The van der Waals surface area contributed by atoms with Gasteiger partial charge in [-0.3, -0.25) is 4.79 Å². The molecular formula is C12H14N4O2S. The van der Waals surface area contributed by atoms with Gasteiger partial charge in [0.1, 0.15) is 6.61 Å². The highest BCUT2D eigenvalue weighted by atomic mass is 32.1. The van der Waals surface area contributed by atoms with E-state index in [4.69, 9.17) is 4.74 Å². The third-order valence-electron chi connectivity index (χ3n) is 2.29. The summed E-state index contributed by atoms with van der Waals surface area (Å²) in [6.45, 7) is 0.626. The first-order valence-corrected chi connectivity index (χ1v) is 6.65. The maximum absolute atomic E-state index is 11.2. The molecule has 6 nitrogen and oxygen atoms in total. The molecule has 0 spiro atoms. The van der Waals surface area contributed by atoms with Gasteiger partial charge in [0, 0.05) is 37.8 Å². The lowest BCUT2D eigenvalue weighted by Crippen LogP contribution is -2.29. The van der Waals surface area contributed by atoms with E-state index < -0.39 is 0 Å². The number of carbonyl (C=O) groups is 1. The van der Waals surface area contributed by atoms with Crippen molar-refractivity contribution in [1.82, 2.24) is 20.3 Å². The Balaban J connectivity index is 1.86. The summed E-state index contributed by atoms with van der Waals surface area (Å²) in [5.41, 5.74) is 0.921. The van der Waals surface area contributed by atoms with Crippen molar-refractivity contribution in [1.29, 1.82) is 0 Å². The second-order valence-electron chi connectivity index (χ2n) is 3.75. The maximum atomic E-state index is 11.2. The molecule has 0 aliphatic heterocycles. The van der Waals surface area contributed by atoms with Gasteiger partial charge in [0.25, 0.3) is 0 Å². The van der Waals surface area contributed by atoms with E-state index in [0.717, 1.165) is 10.7 Å². The van der Waals surface area contributed by atoms with Crippen LogP contribution in [0.25, 0.3) is 10.8 Å². The first kappa shape index (κ1) is 13.6. The molecule has 0 aliphatic carbocycles. The molecule has 0 bridgehead atoms. The zero-order valence-electron chi connectivity index (χ0n) is 10.5. The van der Waals surface area contributed by atoms with Crippen LogP contribution in [0.4, 0.5) is 0 Å². The minimum absolute atomic E-state index is 0.0835. The predicted octanol–water partition coefficient (Wildman–Crippen LogP) is 0.905. The van der Waals surface area contributed by atoms with E-state index in [-0.39, 0.29) is 12.5 Å². The van der Waals surface area contributed by atoms with Crippen LogP contribution in [0.3, 0.4) is 0 Å². The molecule has 2 rings (SSSR count). The zero-order valence-corrected chi connectivity index (χ0v) is 11.3. The van der Waals surface area contributed by atoms with Crippen LogP contribution in [0, 0.1) is 0 Å². The standard InChI is InChI=1S/C12H14N4O2S/c1-18-7-10(17)13-6-3-9-8-19-12(16-9)11-14-4-2-5-15-11/h2,4-5,8H,3,6-7H2,1H3,(H,13,17). The van der Waals surface area contributed by atoms with Gasteiger partial charge in [-0.05, 0) is 6.07 Å². The molecule has 19 heavy (non-hydrogen) atoms. The first-order valence-electron chi connectivity index (χ1n) is 5.77. The second kappa shape index (κ2) is 6.91. The van der Waals surface area contributed by atoms with Crippen molar-refractivity contribution in [2.75, 3.05) is 20.3 Å². The molecule has 0 saturated carbocycles. The van der Waals surface area contributed by atoms with Gasteiger partial charge in [-0.15, -0.1) is 11.3 Å². The van der Waals surface area contributed by atoms with Crippen LogP contribution in [-0.4, -0.2) is 41.1 Å². The molecule has 0 aromatic carbocycles. The number of nitrogens with one attached hydrogen (secondary N) is 1. The summed E-state index contributed by atoms with van der Waals surface area (Å²) in [5, 5.41) is 5.49. The van der Waals surface area contributed by atoms with Crippen molar-refractivity contribution in [2.45, 2.75) is 6.42 Å². The Hall–Kier alpha value is -1.86. The molecule has 100 valence electrons. The Morgan fingerprint density at radius 3 is 2.95 bits per heavy atom. The Bertz CT molecular complexity index is 530. The number of thiazole rings is 1. The lowest BCUT2D eigenvalue weighted by molar-refractivity contribution is -0.124. The Kier molecular flexibility index (Phi) is 4.93. The van der Waals surface area contributed by atoms with Crippen LogP contribution in [0.5, 0.6) is 0 Å². The molecule has 0 unspecified atom stereocenters. The normalized spacial score (nSPS) is 10.4. The van der Waals surface area contributed by atoms with Gasteiger partial charge in [-0.25, -0.2) is 15.0 Å². The summed E-state index contributed by atoms with van der Waals surface area (Å²) < 4.78 is 4.73. The number of hydrogen-bond acceptors (Lipinski definition) is 6. The Labute approximate surface area is 114 Å². The highest BCUT2D eigenvalue weighted by Crippen LogP contribution is 2.19. The largest absolute Gasteiger partial charge is 0.375 e. The molecule has 0 saturated heterocycles. The number of rotatable bonds is 6. The van der Waals surface area contributed by atoms with Gasteiger partial charge >= 0.3 is 0 Å². The maximum Gasteiger partial charge on any atom is 0.245 e. The molecule has 0 aliphatic rings. The average Bonchev–Trinajstić information content (AvgIpc) is 2.89. The Morgan fingerprint density at radius 1 is 1.42 bits per heavy atom. The van der Waals surface area contributed by atoms with Crippen LogP contribution in [0.15, 0.2) is 23.8 Å². The molecule has 7 heteroatoms. The van der Waals surface area contributed by atoms with E-state index in [0.29, 0.717) is 18.8 Å². The van der Waals surface area contributed by atoms with Gasteiger partial charge in [0.2, 0.25) is 5.91 Å². The molecule has 2 heterocycles. The van der Waals surface area contributed by atoms with Crippen molar-refractivity contribution in [3.05, 3.63) is 29.5 Å². The molecule has 2 aromatic heterocycles. The minimum Gasteiger partial charge on any atom is -0.375 e. The third kappa shape index (κ3) is 4.08. The number of hydrogen-bond donors (Lipinski definition) is 1. The molecule has 1 N–H and O–H groups in total. The molecule has 0 atom stereocenters. The smallest absolute Gasteiger partial charge is 0.245 e. The topological polar surface area (TPSA) is 77.0 Å². The number of ether oxygens (including phenoxy) is 1. The molecular weight excluding hydrogens is 264 g/mol. The van der Waals surface area contributed by atoms with Crippen LogP contribution in [0.1, 0.15) is 5.69 Å². The third-order valence-corrected chi connectivity index (χ3v) is 3.17. The van der Waals surface area contributed by atoms with Gasteiger partial charge < -0.3 is 10.1 Å². The number of nitrogens with zero attached hydrogens (tertiary/aromatic N) is 3. The van der Waals surface area contributed by atoms with E-state index in [2.05, 4.69) is 20.3 Å². The van der Waals surface area contributed by atoms with Crippen molar-refractivity contribution in [2.24, 2.45) is 0 Å². The molecule has 2 aromatic rings. The van der Waals surface area contributed by atoms with Crippen LogP contribution in [-0.2, 0) is 16.0 Å². The quantitative estimate of drug-likeness (QED) is 0.849. The number of aromatic nitrogens is 3. The number of carbonyl (C=O) groups excluding carboxylic acids is 1. The van der Waals surface area contributed by atoms with Gasteiger partial charge in [-0.1, -0.05) is 0 Å². The highest BCUT2D eigenvalue weighted by Gasteiger charge is 2.07. The predicted molar refractivity (Wildman–Crippen MR) is 71.7 cm³/mol. The fraction of sp³-hybridized carbons (Fsp3) is 0.333. The van der Waals surface area contributed by atoms with Crippen molar-refractivity contribution in [3.8, 4) is 10.8 Å². The highest BCUT2D eigenvalue weighted by molar-refractivity contribution is 7.13. The summed E-state index contributed by atoms with van der Waals surface area (Å²) in [6, 6.07) is 1.77. The van der Waals surface area contributed by atoms with Crippen LogP contribution in [0.2, 0.25) is 0 Å².